The Balaban J connectivity index is 2.15. The van der Waals surface area contributed by atoms with Gasteiger partial charge in [-0.25, -0.2) is 4.99 Å². The van der Waals surface area contributed by atoms with E-state index in [9.17, 15) is 0 Å². The van der Waals surface area contributed by atoms with Crippen molar-refractivity contribution in [1.29, 1.82) is 0 Å². The lowest BCUT2D eigenvalue weighted by Crippen LogP contribution is -2.72. The van der Waals surface area contributed by atoms with Crippen LogP contribution in [0.1, 0.15) is 47.4 Å². The monoisotopic (exact) mass is 292 g/mol. The van der Waals surface area contributed by atoms with Crippen molar-refractivity contribution in [2.24, 2.45) is 10.4 Å². The number of likely N-dealkylation sites (tertiary alicyclic amines) is 1. The van der Waals surface area contributed by atoms with Crippen molar-refractivity contribution in [3.8, 4) is 0 Å². The Hall–Kier alpha value is -1.59. The normalized spacial score (nSPS) is 20.3. The first-order chi connectivity index (χ1) is 9.83. The van der Waals surface area contributed by atoms with E-state index in [-0.39, 0.29) is 5.54 Å². The molecule has 1 saturated heterocycles. The number of nitrogens with one attached hydrogen (secondary N) is 1. The van der Waals surface area contributed by atoms with Gasteiger partial charge < -0.3 is 14.8 Å². The van der Waals surface area contributed by atoms with Crippen LogP contribution in [0.3, 0.4) is 0 Å². The molecule has 0 bridgehead atoms. The van der Waals surface area contributed by atoms with E-state index in [4.69, 9.17) is 4.99 Å². The van der Waals surface area contributed by atoms with Crippen LogP contribution in [0.2, 0.25) is 0 Å². The molecule has 118 valence electrons. The van der Waals surface area contributed by atoms with Gasteiger partial charge >= 0.3 is 0 Å². The molecule has 1 aliphatic heterocycles. The fourth-order valence-electron chi connectivity index (χ4n) is 2.61. The Kier molecular flexibility index (Phi) is 4.25. The average molecular weight is 292 g/mol. The number of aryl methyl sites for hydroxylation is 1. The Labute approximate surface area is 127 Å². The molecule has 0 saturated carbocycles. The highest BCUT2D eigenvalue weighted by Crippen LogP contribution is 2.46. The third-order valence-electron chi connectivity index (χ3n) is 4.88. The molecule has 1 aliphatic rings. The Morgan fingerprint density at radius 3 is 2.57 bits per heavy atom. The summed E-state index contributed by atoms with van der Waals surface area (Å²) in [7, 11) is 0. The van der Waals surface area contributed by atoms with Gasteiger partial charge in [-0.15, -0.1) is 10.2 Å². The lowest BCUT2D eigenvalue weighted by molar-refractivity contribution is -0.0668. The van der Waals surface area contributed by atoms with Crippen LogP contribution in [-0.2, 0) is 13.1 Å². The van der Waals surface area contributed by atoms with Crippen LogP contribution in [0.5, 0.6) is 0 Å². The molecule has 6 nitrogen and oxygen atoms in total. The number of hydrogen-bond donors (Lipinski definition) is 1. The molecule has 21 heavy (non-hydrogen) atoms. The van der Waals surface area contributed by atoms with Crippen molar-refractivity contribution < 1.29 is 0 Å². The van der Waals surface area contributed by atoms with Crippen LogP contribution in [0.4, 0.5) is 0 Å². The number of aliphatic imine (C=N–C) groups is 1. The predicted octanol–water partition coefficient (Wildman–Crippen LogP) is 1.88. The summed E-state index contributed by atoms with van der Waals surface area (Å²) in [5.41, 5.74) is 0.402. The molecule has 0 radical (unpaired) electrons. The van der Waals surface area contributed by atoms with E-state index >= 15 is 0 Å². The molecule has 0 aromatic carbocycles. The minimum atomic E-state index is 0.104. The summed E-state index contributed by atoms with van der Waals surface area (Å²) in [4.78, 5) is 7.11. The van der Waals surface area contributed by atoms with Gasteiger partial charge in [-0.3, -0.25) is 0 Å². The molecule has 2 rings (SSSR count). The maximum atomic E-state index is 4.76. The lowest BCUT2D eigenvalue weighted by atomic mass is 9.65. The lowest BCUT2D eigenvalue weighted by Gasteiger charge is -2.62. The first-order valence-electron chi connectivity index (χ1n) is 7.76. The molecular weight excluding hydrogens is 264 g/mol. The van der Waals surface area contributed by atoms with Crippen molar-refractivity contribution >= 4 is 5.96 Å². The van der Waals surface area contributed by atoms with Crippen LogP contribution in [0.25, 0.3) is 0 Å². The minimum absolute atomic E-state index is 0.104. The molecule has 1 aromatic rings. The van der Waals surface area contributed by atoms with Crippen molar-refractivity contribution in [2.45, 2.75) is 60.2 Å². The third-order valence-corrected chi connectivity index (χ3v) is 4.88. The van der Waals surface area contributed by atoms with Gasteiger partial charge in [0.05, 0.1) is 0 Å². The highest BCUT2D eigenvalue weighted by atomic mass is 15.4. The zero-order valence-corrected chi connectivity index (χ0v) is 14.1. The van der Waals surface area contributed by atoms with Gasteiger partial charge in [0.15, 0.2) is 11.8 Å². The molecule has 0 atom stereocenters. The second-order valence-electron chi connectivity index (χ2n) is 6.73. The average Bonchev–Trinajstić information content (AvgIpc) is 2.88. The van der Waals surface area contributed by atoms with Crippen molar-refractivity contribution in [3.05, 3.63) is 12.2 Å². The van der Waals surface area contributed by atoms with Crippen LogP contribution in [0.15, 0.2) is 11.3 Å². The van der Waals surface area contributed by atoms with Gasteiger partial charge in [0.1, 0.15) is 12.9 Å². The molecule has 1 N–H and O–H groups in total. The standard InChI is InChI=1S/C15H28N6/c1-7-16-13(21-10-14(3,4)15(21,5)6)17-9-12-19-18-11-20(12)8-2/h11H,7-10H2,1-6H3,(H,16,17). The van der Waals surface area contributed by atoms with E-state index in [0.29, 0.717) is 12.0 Å². The molecule has 0 spiro atoms. The van der Waals surface area contributed by atoms with Gasteiger partial charge in [0.25, 0.3) is 0 Å². The van der Waals surface area contributed by atoms with Crippen molar-refractivity contribution in [3.63, 3.8) is 0 Å². The molecule has 1 aromatic heterocycles. The number of aromatic nitrogens is 3. The van der Waals surface area contributed by atoms with Gasteiger partial charge in [-0.1, -0.05) is 13.8 Å². The summed E-state index contributed by atoms with van der Waals surface area (Å²) in [5, 5.41) is 11.5. The first-order valence-corrected chi connectivity index (χ1v) is 7.76. The number of hydrogen-bond acceptors (Lipinski definition) is 3. The van der Waals surface area contributed by atoms with E-state index < -0.39 is 0 Å². The van der Waals surface area contributed by atoms with Gasteiger partial charge in [-0.2, -0.15) is 0 Å². The molecule has 2 heterocycles. The summed E-state index contributed by atoms with van der Waals surface area (Å²) in [6.07, 6.45) is 1.76. The van der Waals surface area contributed by atoms with Gasteiger partial charge in [0.2, 0.25) is 0 Å². The maximum absolute atomic E-state index is 4.76. The summed E-state index contributed by atoms with van der Waals surface area (Å²) in [5.74, 6) is 1.87. The molecule has 1 fully saturated rings. The SMILES string of the molecule is CCNC(=NCc1nncn1CC)N1CC(C)(C)C1(C)C. The van der Waals surface area contributed by atoms with Gasteiger partial charge in [-0.05, 0) is 27.7 Å². The Bertz CT molecular complexity index is 514. The highest BCUT2D eigenvalue weighted by molar-refractivity contribution is 5.82. The highest BCUT2D eigenvalue weighted by Gasteiger charge is 2.53. The smallest absolute Gasteiger partial charge is 0.194 e. The first kappa shape index (κ1) is 15.8. The maximum Gasteiger partial charge on any atom is 0.194 e. The van der Waals surface area contributed by atoms with Crippen molar-refractivity contribution in [1.82, 2.24) is 25.0 Å². The molecule has 0 unspecified atom stereocenters. The van der Waals surface area contributed by atoms with E-state index in [1.165, 1.54) is 0 Å². The van der Waals surface area contributed by atoms with E-state index in [2.05, 4.69) is 62.0 Å². The third kappa shape index (κ3) is 2.76. The van der Waals surface area contributed by atoms with E-state index in [0.717, 1.165) is 31.4 Å². The van der Waals surface area contributed by atoms with Crippen LogP contribution in [0, 0.1) is 5.41 Å². The van der Waals surface area contributed by atoms with E-state index in [1.807, 2.05) is 4.57 Å². The second-order valence-corrected chi connectivity index (χ2v) is 6.73. The fourth-order valence-corrected chi connectivity index (χ4v) is 2.61. The van der Waals surface area contributed by atoms with Crippen molar-refractivity contribution in [2.75, 3.05) is 13.1 Å². The second kappa shape index (κ2) is 5.66. The minimum Gasteiger partial charge on any atom is -0.356 e. The van der Waals surface area contributed by atoms with Gasteiger partial charge in [0, 0.05) is 30.6 Å². The molecule has 0 aliphatic carbocycles. The largest absolute Gasteiger partial charge is 0.356 e. The zero-order valence-electron chi connectivity index (χ0n) is 14.1. The molecule has 0 amide bonds. The molecule has 6 heteroatoms. The summed E-state index contributed by atoms with van der Waals surface area (Å²) in [6.45, 7) is 16.7. The summed E-state index contributed by atoms with van der Waals surface area (Å²) in [6, 6.07) is 0. The number of nitrogens with zero attached hydrogens (tertiary/aromatic N) is 5. The van der Waals surface area contributed by atoms with Crippen LogP contribution >= 0.6 is 0 Å². The van der Waals surface area contributed by atoms with Crippen LogP contribution < -0.4 is 5.32 Å². The van der Waals surface area contributed by atoms with Crippen LogP contribution in [-0.4, -0.2) is 44.3 Å². The van der Waals surface area contributed by atoms with E-state index in [1.54, 1.807) is 6.33 Å². The number of guanidine groups is 1. The quantitative estimate of drug-likeness (QED) is 0.680. The Morgan fingerprint density at radius 1 is 1.33 bits per heavy atom. The fraction of sp³-hybridized carbons (Fsp3) is 0.800. The zero-order chi connectivity index (χ0) is 15.7. The Morgan fingerprint density at radius 2 is 2.05 bits per heavy atom. The molecular formula is C15H28N6. The summed E-state index contributed by atoms with van der Waals surface area (Å²) < 4.78 is 2.03. The number of rotatable bonds is 4. The predicted molar refractivity (Wildman–Crippen MR) is 85.1 cm³/mol. The topological polar surface area (TPSA) is 58.3 Å². The summed E-state index contributed by atoms with van der Waals surface area (Å²) >= 11 is 0.